The Bertz CT molecular complexity index is 1310. The van der Waals surface area contributed by atoms with Crippen LogP contribution >= 0.6 is 0 Å². The molecule has 33 heavy (non-hydrogen) atoms. The number of pyridine rings is 1. The summed E-state index contributed by atoms with van der Waals surface area (Å²) in [5.41, 5.74) is 3.50. The molecule has 1 N–H and O–H groups in total. The third-order valence-corrected chi connectivity index (χ3v) is 5.47. The van der Waals surface area contributed by atoms with Crippen molar-refractivity contribution in [3.8, 4) is 22.8 Å². The van der Waals surface area contributed by atoms with E-state index in [9.17, 15) is 4.79 Å². The summed E-state index contributed by atoms with van der Waals surface area (Å²) in [4.78, 5) is 20.2. The number of benzene rings is 2. The predicted molar refractivity (Wildman–Crippen MR) is 127 cm³/mol. The number of anilines is 1. The zero-order valence-electron chi connectivity index (χ0n) is 18.6. The van der Waals surface area contributed by atoms with E-state index < -0.39 is 0 Å². The van der Waals surface area contributed by atoms with Gasteiger partial charge < -0.3 is 19.7 Å². The van der Waals surface area contributed by atoms with Gasteiger partial charge in [0.1, 0.15) is 13.2 Å². The molecule has 0 radical (unpaired) electrons. The van der Waals surface area contributed by atoms with E-state index >= 15 is 0 Å². The standard InChI is InChI=1S/C25H25N5O3/c1-29(2)9-10-30-16-18(15-26-30)27-25(31)20-14-22(28-21-6-4-3-5-19(20)21)17-7-8-23-24(13-17)33-12-11-32-23/h3-8,13-16H,9-12H2,1-2H3,(H,27,31). The van der Waals surface area contributed by atoms with Crippen LogP contribution in [0.15, 0.2) is 60.9 Å². The van der Waals surface area contributed by atoms with E-state index in [2.05, 4.69) is 15.3 Å². The molecule has 2 aromatic carbocycles. The fourth-order valence-corrected chi connectivity index (χ4v) is 3.77. The SMILES string of the molecule is CN(C)CCn1cc(NC(=O)c2cc(-c3ccc4c(c3)OCCO4)nc3ccccc23)cn1. The number of carbonyl (C=O) groups is 1. The molecule has 8 nitrogen and oxygen atoms in total. The second kappa shape index (κ2) is 8.91. The molecule has 4 aromatic rings. The molecular formula is C25H25N5O3. The van der Waals surface area contributed by atoms with Crippen molar-refractivity contribution < 1.29 is 14.3 Å². The topological polar surface area (TPSA) is 81.5 Å². The van der Waals surface area contributed by atoms with Crippen molar-refractivity contribution in [3.05, 3.63) is 66.5 Å². The van der Waals surface area contributed by atoms with Crippen LogP contribution in [-0.4, -0.2) is 59.4 Å². The van der Waals surface area contributed by atoms with E-state index in [1.54, 1.807) is 6.20 Å². The summed E-state index contributed by atoms with van der Waals surface area (Å²) in [6.07, 6.45) is 3.51. The highest BCUT2D eigenvalue weighted by atomic mass is 16.6. The van der Waals surface area contributed by atoms with E-state index in [0.717, 1.165) is 35.3 Å². The predicted octanol–water partition coefficient (Wildman–Crippen LogP) is 3.68. The summed E-state index contributed by atoms with van der Waals surface area (Å²) in [5, 5.41) is 8.11. The summed E-state index contributed by atoms with van der Waals surface area (Å²) in [6, 6.07) is 15.2. The quantitative estimate of drug-likeness (QED) is 0.490. The van der Waals surface area contributed by atoms with Gasteiger partial charge in [-0.05, 0) is 44.4 Å². The van der Waals surface area contributed by atoms with Gasteiger partial charge in [0.15, 0.2) is 11.5 Å². The van der Waals surface area contributed by atoms with Crippen molar-refractivity contribution in [1.82, 2.24) is 19.7 Å². The Morgan fingerprint density at radius 2 is 1.91 bits per heavy atom. The third-order valence-electron chi connectivity index (χ3n) is 5.47. The number of carbonyl (C=O) groups excluding carboxylic acids is 1. The number of aromatic nitrogens is 3. The number of amides is 1. The van der Waals surface area contributed by atoms with Gasteiger partial charge in [0, 0.05) is 23.7 Å². The first-order chi connectivity index (χ1) is 16.1. The summed E-state index contributed by atoms with van der Waals surface area (Å²) < 4.78 is 13.2. The number of likely N-dealkylation sites (N-methyl/N-ethyl adjacent to an activating group) is 1. The van der Waals surface area contributed by atoms with Gasteiger partial charge in [-0.25, -0.2) is 4.98 Å². The number of hydrogen-bond donors (Lipinski definition) is 1. The molecule has 1 aliphatic heterocycles. The number of fused-ring (bicyclic) bond motifs is 2. The highest BCUT2D eigenvalue weighted by Gasteiger charge is 2.17. The lowest BCUT2D eigenvalue weighted by Gasteiger charge is -2.19. The Labute approximate surface area is 191 Å². The highest BCUT2D eigenvalue weighted by Crippen LogP contribution is 2.35. The number of ether oxygens (including phenoxy) is 2. The molecule has 0 unspecified atom stereocenters. The van der Waals surface area contributed by atoms with Crippen molar-refractivity contribution in [1.29, 1.82) is 0 Å². The normalized spacial score (nSPS) is 12.8. The number of para-hydroxylation sites is 1. The molecule has 1 amide bonds. The van der Waals surface area contributed by atoms with Gasteiger partial charge in [-0.2, -0.15) is 5.10 Å². The fraction of sp³-hybridized carbons (Fsp3) is 0.240. The van der Waals surface area contributed by atoms with Gasteiger partial charge >= 0.3 is 0 Å². The van der Waals surface area contributed by atoms with Crippen LogP contribution < -0.4 is 14.8 Å². The molecule has 1 aliphatic rings. The largest absolute Gasteiger partial charge is 0.486 e. The van der Waals surface area contributed by atoms with E-state index in [4.69, 9.17) is 14.5 Å². The van der Waals surface area contributed by atoms with Crippen LogP contribution in [0.25, 0.3) is 22.2 Å². The maximum absolute atomic E-state index is 13.3. The average molecular weight is 444 g/mol. The molecule has 0 saturated heterocycles. The highest BCUT2D eigenvalue weighted by molar-refractivity contribution is 6.13. The van der Waals surface area contributed by atoms with Crippen LogP contribution in [0.4, 0.5) is 5.69 Å². The summed E-state index contributed by atoms with van der Waals surface area (Å²) in [5.74, 6) is 1.19. The van der Waals surface area contributed by atoms with Gasteiger partial charge in [-0.3, -0.25) is 9.48 Å². The maximum Gasteiger partial charge on any atom is 0.256 e. The summed E-state index contributed by atoms with van der Waals surface area (Å²) in [7, 11) is 4.03. The van der Waals surface area contributed by atoms with Crippen molar-refractivity contribution in [3.63, 3.8) is 0 Å². The molecule has 0 aliphatic carbocycles. The van der Waals surface area contributed by atoms with Crippen LogP contribution in [0.5, 0.6) is 11.5 Å². The van der Waals surface area contributed by atoms with Crippen LogP contribution in [0, 0.1) is 0 Å². The molecule has 0 saturated carbocycles. The van der Waals surface area contributed by atoms with Crippen molar-refractivity contribution >= 4 is 22.5 Å². The van der Waals surface area contributed by atoms with Gasteiger partial charge in [0.05, 0.1) is 35.2 Å². The smallest absolute Gasteiger partial charge is 0.256 e. The van der Waals surface area contributed by atoms with Crippen LogP contribution in [0.2, 0.25) is 0 Å². The first-order valence-electron chi connectivity index (χ1n) is 10.9. The second-order valence-electron chi connectivity index (χ2n) is 8.18. The van der Waals surface area contributed by atoms with Gasteiger partial charge in [0.25, 0.3) is 5.91 Å². The Morgan fingerprint density at radius 1 is 1.09 bits per heavy atom. The molecule has 168 valence electrons. The van der Waals surface area contributed by atoms with Crippen molar-refractivity contribution in [2.45, 2.75) is 6.54 Å². The maximum atomic E-state index is 13.3. The van der Waals surface area contributed by atoms with Crippen LogP contribution in [-0.2, 0) is 6.54 Å². The number of hydrogen-bond acceptors (Lipinski definition) is 6. The van der Waals surface area contributed by atoms with Crippen LogP contribution in [0.3, 0.4) is 0 Å². The van der Waals surface area contributed by atoms with E-state index in [1.165, 1.54) is 0 Å². The van der Waals surface area contributed by atoms with E-state index in [0.29, 0.717) is 35.9 Å². The Hall–Kier alpha value is -3.91. The lowest BCUT2D eigenvalue weighted by Crippen LogP contribution is -2.18. The molecule has 3 heterocycles. The van der Waals surface area contributed by atoms with E-state index in [-0.39, 0.29) is 5.91 Å². The lowest BCUT2D eigenvalue weighted by atomic mass is 10.0. The molecule has 0 bridgehead atoms. The Kier molecular flexibility index (Phi) is 5.66. The monoisotopic (exact) mass is 443 g/mol. The van der Waals surface area contributed by atoms with Gasteiger partial charge in [-0.15, -0.1) is 0 Å². The minimum Gasteiger partial charge on any atom is -0.486 e. The average Bonchev–Trinajstić information content (AvgIpc) is 3.29. The number of rotatable bonds is 6. The molecule has 0 fully saturated rings. The van der Waals surface area contributed by atoms with Gasteiger partial charge in [-0.1, -0.05) is 18.2 Å². The lowest BCUT2D eigenvalue weighted by molar-refractivity contribution is 0.102. The summed E-state index contributed by atoms with van der Waals surface area (Å²) in [6.45, 7) is 2.66. The fourth-order valence-electron chi connectivity index (χ4n) is 3.77. The molecule has 0 spiro atoms. The zero-order valence-corrected chi connectivity index (χ0v) is 18.6. The zero-order chi connectivity index (χ0) is 22.8. The first kappa shape index (κ1) is 21.0. The van der Waals surface area contributed by atoms with Crippen molar-refractivity contribution in [2.24, 2.45) is 0 Å². The molecule has 5 rings (SSSR count). The van der Waals surface area contributed by atoms with Gasteiger partial charge in [0.2, 0.25) is 0 Å². The Morgan fingerprint density at radius 3 is 2.76 bits per heavy atom. The summed E-state index contributed by atoms with van der Waals surface area (Å²) >= 11 is 0. The number of nitrogens with one attached hydrogen (secondary N) is 1. The third kappa shape index (κ3) is 4.51. The Balaban J connectivity index is 1.47. The van der Waals surface area contributed by atoms with Crippen molar-refractivity contribution in [2.75, 3.05) is 39.2 Å². The molecule has 8 heteroatoms. The molecular weight excluding hydrogens is 418 g/mol. The molecule has 0 atom stereocenters. The number of nitrogens with zero attached hydrogens (tertiary/aromatic N) is 4. The first-order valence-corrected chi connectivity index (χ1v) is 10.9. The minimum atomic E-state index is -0.209. The second-order valence-corrected chi connectivity index (χ2v) is 8.18. The molecule has 2 aromatic heterocycles. The van der Waals surface area contributed by atoms with Crippen LogP contribution in [0.1, 0.15) is 10.4 Å². The minimum absolute atomic E-state index is 0.209. The van der Waals surface area contributed by atoms with E-state index in [1.807, 2.05) is 73.5 Å².